The summed E-state index contributed by atoms with van der Waals surface area (Å²) in [5, 5.41) is 3.00. The van der Waals surface area contributed by atoms with Crippen LogP contribution in [0.4, 0.5) is 5.69 Å². The summed E-state index contributed by atoms with van der Waals surface area (Å²) in [6, 6.07) is 17.1. The van der Waals surface area contributed by atoms with Crippen molar-refractivity contribution in [1.82, 2.24) is 9.62 Å². The van der Waals surface area contributed by atoms with Crippen molar-refractivity contribution in [2.75, 3.05) is 50.8 Å². The van der Waals surface area contributed by atoms with Gasteiger partial charge < -0.3 is 15.0 Å². The van der Waals surface area contributed by atoms with Gasteiger partial charge in [0.25, 0.3) is 0 Å². The molecule has 2 aromatic carbocycles. The molecule has 4 rings (SSSR count). The lowest BCUT2D eigenvalue weighted by molar-refractivity contribution is -0.126. The van der Waals surface area contributed by atoms with E-state index in [-0.39, 0.29) is 11.8 Å². The van der Waals surface area contributed by atoms with Crippen molar-refractivity contribution in [3.05, 3.63) is 60.2 Å². The Balaban J connectivity index is 1.27. The molecule has 172 valence electrons. The molecular formula is C24H31N3O4S. The first kappa shape index (κ1) is 22.8. The average Bonchev–Trinajstić information content (AvgIpc) is 2.85. The summed E-state index contributed by atoms with van der Waals surface area (Å²) in [5.41, 5.74) is 2.20. The highest BCUT2D eigenvalue weighted by Gasteiger charge is 2.32. The second-order valence-electron chi connectivity index (χ2n) is 8.30. The summed E-state index contributed by atoms with van der Waals surface area (Å²) in [6.07, 6.45) is 1.88. The van der Waals surface area contributed by atoms with Crippen molar-refractivity contribution >= 4 is 21.6 Å². The molecule has 2 fully saturated rings. The first-order valence-electron chi connectivity index (χ1n) is 11.3. The third-order valence-electron chi connectivity index (χ3n) is 6.23. The summed E-state index contributed by atoms with van der Waals surface area (Å²) in [7, 11) is -3.55. The normalized spacial score (nSPS) is 18.4. The van der Waals surface area contributed by atoms with Gasteiger partial charge in [0, 0.05) is 44.3 Å². The molecule has 0 unspecified atom stereocenters. The van der Waals surface area contributed by atoms with Crippen LogP contribution in [0.1, 0.15) is 18.4 Å². The van der Waals surface area contributed by atoms with Crippen molar-refractivity contribution in [3.8, 4) is 0 Å². The van der Waals surface area contributed by atoms with Gasteiger partial charge >= 0.3 is 0 Å². The van der Waals surface area contributed by atoms with Crippen LogP contribution in [-0.2, 0) is 26.0 Å². The number of benzene rings is 2. The van der Waals surface area contributed by atoms with Crippen molar-refractivity contribution in [2.24, 2.45) is 5.92 Å². The lowest BCUT2D eigenvalue weighted by Gasteiger charge is -2.31. The molecule has 2 aliphatic rings. The number of ether oxygens (including phenoxy) is 1. The Labute approximate surface area is 190 Å². The Morgan fingerprint density at radius 1 is 0.938 bits per heavy atom. The lowest BCUT2D eigenvalue weighted by Crippen LogP contribution is -2.43. The number of rotatable bonds is 7. The molecule has 8 heteroatoms. The Kier molecular flexibility index (Phi) is 7.44. The van der Waals surface area contributed by atoms with Gasteiger partial charge in [0.05, 0.1) is 18.1 Å². The molecule has 0 saturated carbocycles. The fraction of sp³-hybridized carbons (Fsp3) is 0.458. The lowest BCUT2D eigenvalue weighted by atomic mass is 9.97. The smallest absolute Gasteiger partial charge is 0.243 e. The molecule has 2 heterocycles. The molecule has 1 N–H and O–H groups in total. The zero-order valence-corrected chi connectivity index (χ0v) is 19.1. The van der Waals surface area contributed by atoms with E-state index in [1.54, 1.807) is 12.1 Å². The van der Waals surface area contributed by atoms with E-state index in [0.717, 1.165) is 25.2 Å². The van der Waals surface area contributed by atoms with Crippen molar-refractivity contribution in [3.63, 3.8) is 0 Å². The first-order valence-corrected chi connectivity index (χ1v) is 12.7. The third kappa shape index (κ3) is 5.49. The van der Waals surface area contributed by atoms with Gasteiger partial charge in [0.1, 0.15) is 0 Å². The van der Waals surface area contributed by atoms with Crippen LogP contribution in [0.3, 0.4) is 0 Å². The van der Waals surface area contributed by atoms with Gasteiger partial charge in [-0.1, -0.05) is 30.3 Å². The average molecular weight is 458 g/mol. The molecule has 0 radical (unpaired) electrons. The van der Waals surface area contributed by atoms with Crippen molar-refractivity contribution < 1.29 is 17.9 Å². The fourth-order valence-electron chi connectivity index (χ4n) is 4.28. The number of hydrogen-bond acceptors (Lipinski definition) is 5. The van der Waals surface area contributed by atoms with E-state index in [4.69, 9.17) is 4.74 Å². The predicted molar refractivity (Wildman–Crippen MR) is 124 cm³/mol. The van der Waals surface area contributed by atoms with Crippen LogP contribution in [0, 0.1) is 5.92 Å². The Hall–Kier alpha value is -2.42. The van der Waals surface area contributed by atoms with Crippen LogP contribution in [0.2, 0.25) is 0 Å². The maximum atomic E-state index is 13.1. The number of amides is 1. The van der Waals surface area contributed by atoms with Gasteiger partial charge in [-0.05, 0) is 49.1 Å². The number of sulfonamides is 1. The molecule has 0 atom stereocenters. The monoisotopic (exact) mass is 457 g/mol. The minimum Gasteiger partial charge on any atom is -0.378 e. The molecule has 7 nitrogen and oxygen atoms in total. The number of anilines is 1. The summed E-state index contributed by atoms with van der Waals surface area (Å²) >= 11 is 0. The summed E-state index contributed by atoms with van der Waals surface area (Å²) in [6.45, 7) is 4.33. The topological polar surface area (TPSA) is 79.0 Å². The van der Waals surface area contributed by atoms with Crippen LogP contribution in [0.5, 0.6) is 0 Å². The van der Waals surface area contributed by atoms with Gasteiger partial charge in [-0.2, -0.15) is 4.31 Å². The summed E-state index contributed by atoms with van der Waals surface area (Å²) in [4.78, 5) is 15.0. The number of morpholine rings is 1. The maximum absolute atomic E-state index is 13.1. The molecule has 0 bridgehead atoms. The second kappa shape index (κ2) is 10.5. The number of hydrogen-bond donors (Lipinski definition) is 1. The molecule has 0 aromatic heterocycles. The van der Waals surface area contributed by atoms with E-state index < -0.39 is 10.0 Å². The second-order valence-corrected chi connectivity index (χ2v) is 10.2. The minimum atomic E-state index is -3.55. The van der Waals surface area contributed by atoms with Gasteiger partial charge in [0.15, 0.2) is 0 Å². The largest absolute Gasteiger partial charge is 0.378 e. The van der Waals surface area contributed by atoms with Gasteiger partial charge in [-0.15, -0.1) is 0 Å². The van der Waals surface area contributed by atoms with Gasteiger partial charge in [-0.25, -0.2) is 8.42 Å². The highest BCUT2D eigenvalue weighted by molar-refractivity contribution is 7.89. The predicted octanol–water partition coefficient (Wildman–Crippen LogP) is 2.28. The maximum Gasteiger partial charge on any atom is 0.243 e. The zero-order chi connectivity index (χ0) is 22.4. The molecule has 1 amide bonds. The summed E-state index contributed by atoms with van der Waals surface area (Å²) < 4.78 is 33.0. The Morgan fingerprint density at radius 3 is 2.25 bits per heavy atom. The number of carbonyl (C=O) groups excluding carboxylic acids is 1. The molecule has 0 spiro atoms. The van der Waals surface area contributed by atoms with Crippen LogP contribution in [-0.4, -0.2) is 64.6 Å². The van der Waals surface area contributed by atoms with E-state index in [2.05, 4.69) is 10.2 Å². The zero-order valence-electron chi connectivity index (χ0n) is 18.3. The molecule has 2 aromatic rings. The summed E-state index contributed by atoms with van der Waals surface area (Å²) in [5.74, 6) is -0.117. The van der Waals surface area contributed by atoms with Crippen LogP contribution >= 0.6 is 0 Å². The Bertz CT molecular complexity index is 982. The van der Waals surface area contributed by atoms with E-state index in [0.29, 0.717) is 50.6 Å². The van der Waals surface area contributed by atoms with Crippen LogP contribution < -0.4 is 10.2 Å². The van der Waals surface area contributed by atoms with Crippen LogP contribution in [0.15, 0.2) is 59.5 Å². The fourth-order valence-corrected chi connectivity index (χ4v) is 5.75. The number of nitrogens with one attached hydrogen (secondary N) is 1. The van der Waals surface area contributed by atoms with Crippen molar-refractivity contribution in [1.29, 1.82) is 0 Å². The highest BCUT2D eigenvalue weighted by Crippen LogP contribution is 2.26. The van der Waals surface area contributed by atoms with E-state index in [1.165, 1.54) is 9.87 Å². The van der Waals surface area contributed by atoms with E-state index in [9.17, 15) is 13.2 Å². The molecule has 2 aliphatic heterocycles. The SMILES string of the molecule is O=C(NCCc1ccccc1)C1CCN(S(=O)(=O)c2ccc(N3CCOCC3)cc2)CC1. The molecular weight excluding hydrogens is 426 g/mol. The Morgan fingerprint density at radius 2 is 1.59 bits per heavy atom. The highest BCUT2D eigenvalue weighted by atomic mass is 32.2. The van der Waals surface area contributed by atoms with Gasteiger partial charge in [-0.3, -0.25) is 4.79 Å². The number of nitrogens with zero attached hydrogens (tertiary/aromatic N) is 2. The molecule has 2 saturated heterocycles. The molecule has 32 heavy (non-hydrogen) atoms. The standard InChI is InChI=1S/C24H31N3O4S/c28-24(25-13-10-20-4-2-1-3-5-20)21-11-14-27(15-12-21)32(29,30)23-8-6-22(7-9-23)26-16-18-31-19-17-26/h1-9,21H,10-19H2,(H,25,28). The van der Waals surface area contributed by atoms with E-state index >= 15 is 0 Å². The first-order chi connectivity index (χ1) is 15.5. The quantitative estimate of drug-likeness (QED) is 0.690. The minimum absolute atomic E-state index is 0.0212. The number of piperidine rings is 1. The van der Waals surface area contributed by atoms with E-state index in [1.807, 2.05) is 42.5 Å². The van der Waals surface area contributed by atoms with Crippen molar-refractivity contribution in [2.45, 2.75) is 24.2 Å². The van der Waals surface area contributed by atoms with Gasteiger partial charge in [0.2, 0.25) is 15.9 Å². The number of carbonyl (C=O) groups is 1. The third-order valence-corrected chi connectivity index (χ3v) is 8.14. The van der Waals surface area contributed by atoms with Crippen LogP contribution in [0.25, 0.3) is 0 Å². The molecule has 0 aliphatic carbocycles.